The van der Waals surface area contributed by atoms with Crippen LogP contribution < -0.4 is 15.5 Å². The molecule has 0 aliphatic heterocycles. The number of amides is 2. The smallest absolute Gasteiger partial charge is 0.320 e. The minimum Gasteiger partial charge on any atom is -0.481 e. The molecule has 2 rings (SSSR count). The third-order valence-corrected chi connectivity index (χ3v) is 3.87. The van der Waals surface area contributed by atoms with Gasteiger partial charge in [-0.1, -0.05) is 30.3 Å². The lowest BCUT2D eigenvalue weighted by Gasteiger charge is -2.19. The lowest BCUT2D eigenvalue weighted by atomic mass is 10.0. The Morgan fingerprint density at radius 3 is 2.46 bits per heavy atom. The summed E-state index contributed by atoms with van der Waals surface area (Å²) in [5, 5.41) is 14.5. The van der Waals surface area contributed by atoms with Gasteiger partial charge in [-0.25, -0.2) is 9.78 Å². The Labute approximate surface area is 153 Å². The number of hydrogen-bond donors (Lipinski definition) is 3. The molecule has 0 spiro atoms. The van der Waals surface area contributed by atoms with Crippen molar-refractivity contribution in [3.63, 3.8) is 0 Å². The SMILES string of the molecule is CN(C)c1ccc(NC(=O)NC(CCC(=O)O)Cc2ccccc2)nc1. The van der Waals surface area contributed by atoms with Crippen LogP contribution in [0.15, 0.2) is 48.7 Å². The Bertz CT molecular complexity index is 717. The van der Waals surface area contributed by atoms with E-state index >= 15 is 0 Å². The molecule has 1 heterocycles. The minimum absolute atomic E-state index is 0.00639. The normalized spacial score (nSPS) is 11.5. The van der Waals surface area contributed by atoms with Crippen LogP contribution in [0.25, 0.3) is 0 Å². The number of carbonyl (C=O) groups is 2. The Kier molecular flexibility index (Phi) is 6.96. The Balaban J connectivity index is 1.96. The van der Waals surface area contributed by atoms with Gasteiger partial charge in [0.25, 0.3) is 0 Å². The second kappa shape index (κ2) is 9.41. The van der Waals surface area contributed by atoms with Crippen LogP contribution in [0.4, 0.5) is 16.3 Å². The number of carboxylic acids is 1. The second-order valence-electron chi connectivity index (χ2n) is 6.21. The van der Waals surface area contributed by atoms with Crippen molar-refractivity contribution < 1.29 is 14.7 Å². The lowest BCUT2D eigenvalue weighted by Crippen LogP contribution is -2.39. The molecule has 0 aliphatic rings. The first-order valence-electron chi connectivity index (χ1n) is 8.40. The summed E-state index contributed by atoms with van der Waals surface area (Å²) in [6.07, 6.45) is 2.58. The van der Waals surface area contributed by atoms with Gasteiger partial charge in [-0.3, -0.25) is 10.1 Å². The van der Waals surface area contributed by atoms with Crippen LogP contribution in [0.2, 0.25) is 0 Å². The van der Waals surface area contributed by atoms with Gasteiger partial charge in [0.1, 0.15) is 5.82 Å². The molecular formula is C19H24N4O3. The molecule has 0 fully saturated rings. The van der Waals surface area contributed by atoms with E-state index < -0.39 is 12.0 Å². The van der Waals surface area contributed by atoms with Gasteiger partial charge in [0.2, 0.25) is 0 Å². The molecule has 7 nitrogen and oxygen atoms in total. The predicted octanol–water partition coefficient (Wildman–Crippen LogP) is 2.75. The molecule has 1 unspecified atom stereocenters. The van der Waals surface area contributed by atoms with Crippen LogP contribution in [-0.4, -0.2) is 42.2 Å². The van der Waals surface area contributed by atoms with Crippen LogP contribution in [0, 0.1) is 0 Å². The zero-order valence-electron chi connectivity index (χ0n) is 15.0. The molecule has 0 aliphatic carbocycles. The number of aromatic nitrogens is 1. The van der Waals surface area contributed by atoms with Crippen molar-refractivity contribution in [2.45, 2.75) is 25.3 Å². The van der Waals surface area contributed by atoms with Gasteiger partial charge in [0.15, 0.2) is 0 Å². The van der Waals surface area contributed by atoms with Gasteiger partial charge < -0.3 is 15.3 Å². The van der Waals surface area contributed by atoms with Crippen LogP contribution in [-0.2, 0) is 11.2 Å². The van der Waals surface area contributed by atoms with Gasteiger partial charge >= 0.3 is 12.0 Å². The van der Waals surface area contributed by atoms with Crippen molar-refractivity contribution in [1.29, 1.82) is 0 Å². The van der Waals surface area contributed by atoms with Crippen molar-refractivity contribution >= 4 is 23.5 Å². The standard InChI is InChI=1S/C19H24N4O3/c1-23(2)16-9-10-17(20-13-16)22-19(26)21-15(8-11-18(24)25)12-14-6-4-3-5-7-14/h3-7,9-10,13,15H,8,11-12H2,1-2H3,(H,24,25)(H2,20,21,22,26). The van der Waals surface area contributed by atoms with E-state index in [0.29, 0.717) is 18.7 Å². The number of urea groups is 1. The van der Waals surface area contributed by atoms with Crippen molar-refractivity contribution in [1.82, 2.24) is 10.3 Å². The quantitative estimate of drug-likeness (QED) is 0.676. The highest BCUT2D eigenvalue weighted by Crippen LogP contribution is 2.12. The minimum atomic E-state index is -0.883. The molecule has 0 saturated heterocycles. The number of rotatable bonds is 8. The van der Waals surface area contributed by atoms with Gasteiger partial charge in [-0.2, -0.15) is 0 Å². The summed E-state index contributed by atoms with van der Waals surface area (Å²) in [5.74, 6) is -0.448. The van der Waals surface area contributed by atoms with E-state index in [2.05, 4.69) is 15.6 Å². The third-order valence-electron chi connectivity index (χ3n) is 3.87. The summed E-state index contributed by atoms with van der Waals surface area (Å²) in [6.45, 7) is 0. The van der Waals surface area contributed by atoms with Crippen molar-refractivity contribution in [3.8, 4) is 0 Å². The lowest BCUT2D eigenvalue weighted by molar-refractivity contribution is -0.137. The summed E-state index contributed by atoms with van der Waals surface area (Å²) in [6, 6.07) is 12.5. The summed E-state index contributed by atoms with van der Waals surface area (Å²) < 4.78 is 0. The molecule has 0 saturated carbocycles. The monoisotopic (exact) mass is 356 g/mol. The van der Waals surface area contributed by atoms with Crippen molar-refractivity contribution in [2.75, 3.05) is 24.3 Å². The first kappa shape index (κ1) is 19.2. The summed E-state index contributed by atoms with van der Waals surface area (Å²) >= 11 is 0. The summed E-state index contributed by atoms with van der Waals surface area (Å²) in [5.41, 5.74) is 1.97. The van der Waals surface area contributed by atoms with Crippen molar-refractivity contribution in [2.24, 2.45) is 0 Å². The number of anilines is 2. The Morgan fingerprint density at radius 1 is 1.15 bits per heavy atom. The summed E-state index contributed by atoms with van der Waals surface area (Å²) in [7, 11) is 3.82. The number of carbonyl (C=O) groups excluding carboxylic acids is 1. The fourth-order valence-electron chi connectivity index (χ4n) is 2.48. The van der Waals surface area contributed by atoms with E-state index in [0.717, 1.165) is 11.3 Å². The molecule has 2 amide bonds. The van der Waals surface area contributed by atoms with Crippen LogP contribution in [0.5, 0.6) is 0 Å². The van der Waals surface area contributed by atoms with E-state index in [1.54, 1.807) is 12.3 Å². The van der Waals surface area contributed by atoms with E-state index in [1.807, 2.05) is 55.4 Å². The van der Waals surface area contributed by atoms with Gasteiger partial charge in [-0.15, -0.1) is 0 Å². The maximum absolute atomic E-state index is 12.3. The van der Waals surface area contributed by atoms with Crippen LogP contribution in [0.1, 0.15) is 18.4 Å². The molecule has 1 atom stereocenters. The van der Waals surface area contributed by atoms with Crippen LogP contribution >= 0.6 is 0 Å². The third kappa shape index (κ3) is 6.43. The molecule has 2 aromatic rings. The average molecular weight is 356 g/mol. The number of carboxylic acid groups (broad SMARTS) is 1. The van der Waals surface area contributed by atoms with Gasteiger partial charge in [-0.05, 0) is 30.5 Å². The molecule has 7 heteroatoms. The van der Waals surface area contributed by atoms with Crippen LogP contribution in [0.3, 0.4) is 0 Å². The molecule has 0 bridgehead atoms. The summed E-state index contributed by atoms with van der Waals surface area (Å²) in [4.78, 5) is 29.2. The van der Waals surface area contributed by atoms with E-state index in [-0.39, 0.29) is 12.5 Å². The fraction of sp³-hybridized carbons (Fsp3) is 0.316. The van der Waals surface area contributed by atoms with E-state index in [4.69, 9.17) is 5.11 Å². The number of nitrogens with zero attached hydrogens (tertiary/aromatic N) is 2. The molecule has 3 N–H and O–H groups in total. The largest absolute Gasteiger partial charge is 0.481 e. The van der Waals surface area contributed by atoms with Gasteiger partial charge in [0.05, 0.1) is 11.9 Å². The van der Waals surface area contributed by atoms with E-state index in [1.165, 1.54) is 0 Å². The first-order chi connectivity index (χ1) is 12.4. The molecule has 1 aromatic heterocycles. The second-order valence-corrected chi connectivity index (χ2v) is 6.21. The number of pyridine rings is 1. The Hall–Kier alpha value is -3.09. The zero-order valence-corrected chi connectivity index (χ0v) is 15.0. The van der Waals surface area contributed by atoms with Gasteiger partial charge in [0, 0.05) is 26.6 Å². The molecule has 26 heavy (non-hydrogen) atoms. The van der Waals surface area contributed by atoms with Crippen molar-refractivity contribution in [3.05, 3.63) is 54.2 Å². The number of benzene rings is 1. The maximum Gasteiger partial charge on any atom is 0.320 e. The van der Waals surface area contributed by atoms with E-state index in [9.17, 15) is 9.59 Å². The highest BCUT2D eigenvalue weighted by atomic mass is 16.4. The number of aliphatic carboxylic acids is 1. The molecule has 1 aromatic carbocycles. The molecule has 0 radical (unpaired) electrons. The Morgan fingerprint density at radius 2 is 1.88 bits per heavy atom. The number of nitrogens with one attached hydrogen (secondary N) is 2. The number of hydrogen-bond acceptors (Lipinski definition) is 4. The predicted molar refractivity (Wildman–Crippen MR) is 102 cm³/mol. The zero-order chi connectivity index (χ0) is 18.9. The average Bonchev–Trinajstić information content (AvgIpc) is 2.61. The fourth-order valence-corrected chi connectivity index (χ4v) is 2.48. The molecular weight excluding hydrogens is 332 g/mol. The highest BCUT2D eigenvalue weighted by molar-refractivity contribution is 5.88. The topological polar surface area (TPSA) is 94.6 Å². The maximum atomic E-state index is 12.3. The first-order valence-corrected chi connectivity index (χ1v) is 8.40. The molecule has 138 valence electrons. The highest BCUT2D eigenvalue weighted by Gasteiger charge is 2.15.